The minimum absolute atomic E-state index is 0.253. The summed E-state index contributed by atoms with van der Waals surface area (Å²) >= 11 is 3.42. The van der Waals surface area contributed by atoms with E-state index in [0.29, 0.717) is 12.2 Å². The SMILES string of the molecule is CCCOC(=O)c1ccc2cc(Br)ccc2c1. The summed E-state index contributed by atoms with van der Waals surface area (Å²) in [6, 6.07) is 11.6. The van der Waals surface area contributed by atoms with Crippen molar-refractivity contribution in [2.45, 2.75) is 13.3 Å². The first kappa shape index (κ1) is 12.1. The molecule has 3 heteroatoms. The first-order chi connectivity index (χ1) is 8.20. The van der Waals surface area contributed by atoms with E-state index < -0.39 is 0 Å². The van der Waals surface area contributed by atoms with Crippen LogP contribution < -0.4 is 0 Å². The van der Waals surface area contributed by atoms with Gasteiger partial charge in [0.1, 0.15) is 0 Å². The molecule has 0 unspecified atom stereocenters. The van der Waals surface area contributed by atoms with Crippen molar-refractivity contribution in [1.82, 2.24) is 0 Å². The van der Waals surface area contributed by atoms with Gasteiger partial charge in [0, 0.05) is 4.47 Å². The fourth-order valence-electron chi connectivity index (χ4n) is 1.62. The van der Waals surface area contributed by atoms with Gasteiger partial charge in [0.25, 0.3) is 0 Å². The number of rotatable bonds is 3. The van der Waals surface area contributed by atoms with Crippen LogP contribution in [-0.2, 0) is 4.74 Å². The lowest BCUT2D eigenvalue weighted by Crippen LogP contribution is -2.05. The van der Waals surface area contributed by atoms with E-state index in [4.69, 9.17) is 4.74 Å². The van der Waals surface area contributed by atoms with E-state index in [2.05, 4.69) is 15.9 Å². The summed E-state index contributed by atoms with van der Waals surface area (Å²) in [5.74, 6) is -0.253. The third-order valence-electron chi connectivity index (χ3n) is 2.48. The highest BCUT2D eigenvalue weighted by molar-refractivity contribution is 9.10. The van der Waals surface area contributed by atoms with Crippen LogP contribution in [-0.4, -0.2) is 12.6 Å². The summed E-state index contributed by atoms with van der Waals surface area (Å²) in [7, 11) is 0. The molecule has 0 spiro atoms. The zero-order valence-electron chi connectivity index (χ0n) is 9.57. The lowest BCUT2D eigenvalue weighted by atomic mass is 10.1. The normalized spacial score (nSPS) is 10.5. The standard InChI is InChI=1S/C14H13BrO2/c1-2-7-17-14(16)12-4-3-11-9-13(15)6-5-10(11)8-12/h3-6,8-9H,2,7H2,1H3. The maximum absolute atomic E-state index is 11.7. The van der Waals surface area contributed by atoms with Gasteiger partial charge < -0.3 is 4.74 Å². The summed E-state index contributed by atoms with van der Waals surface area (Å²) in [5.41, 5.74) is 0.605. The molecule has 0 saturated heterocycles. The van der Waals surface area contributed by atoms with Gasteiger partial charge in [-0.3, -0.25) is 0 Å². The lowest BCUT2D eigenvalue weighted by Gasteiger charge is -2.04. The molecule has 0 aromatic heterocycles. The Morgan fingerprint density at radius 1 is 1.18 bits per heavy atom. The van der Waals surface area contributed by atoms with Crippen molar-refractivity contribution in [2.24, 2.45) is 0 Å². The largest absolute Gasteiger partial charge is 0.462 e. The van der Waals surface area contributed by atoms with E-state index in [0.717, 1.165) is 21.7 Å². The molecule has 0 aliphatic rings. The van der Waals surface area contributed by atoms with Gasteiger partial charge in [0.05, 0.1) is 12.2 Å². The van der Waals surface area contributed by atoms with E-state index in [1.54, 1.807) is 6.07 Å². The summed E-state index contributed by atoms with van der Waals surface area (Å²) in [6.07, 6.45) is 0.840. The van der Waals surface area contributed by atoms with Crippen LogP contribution >= 0.6 is 15.9 Å². The number of fused-ring (bicyclic) bond motifs is 1. The van der Waals surface area contributed by atoms with Crippen molar-refractivity contribution >= 4 is 32.7 Å². The molecule has 0 atom stereocenters. The monoisotopic (exact) mass is 292 g/mol. The number of ether oxygens (including phenoxy) is 1. The van der Waals surface area contributed by atoms with Gasteiger partial charge in [-0.15, -0.1) is 0 Å². The number of hydrogen-bond acceptors (Lipinski definition) is 2. The molecule has 0 N–H and O–H groups in total. The number of carbonyl (C=O) groups excluding carboxylic acids is 1. The highest BCUT2D eigenvalue weighted by Crippen LogP contribution is 2.21. The molecule has 0 fully saturated rings. The molecule has 0 amide bonds. The fraction of sp³-hybridized carbons (Fsp3) is 0.214. The molecule has 0 aliphatic carbocycles. The maximum Gasteiger partial charge on any atom is 0.338 e. The second-order valence-corrected chi connectivity index (χ2v) is 4.76. The highest BCUT2D eigenvalue weighted by Gasteiger charge is 2.07. The molecule has 2 nitrogen and oxygen atoms in total. The minimum Gasteiger partial charge on any atom is -0.462 e. The Hall–Kier alpha value is -1.35. The van der Waals surface area contributed by atoms with Crippen molar-refractivity contribution in [3.63, 3.8) is 0 Å². The van der Waals surface area contributed by atoms with Crippen molar-refractivity contribution < 1.29 is 9.53 Å². The second kappa shape index (κ2) is 5.32. The third-order valence-corrected chi connectivity index (χ3v) is 2.97. The first-order valence-corrected chi connectivity index (χ1v) is 6.36. The predicted molar refractivity (Wildman–Crippen MR) is 72.2 cm³/mol. The summed E-state index contributed by atoms with van der Waals surface area (Å²) in [5, 5.41) is 2.14. The lowest BCUT2D eigenvalue weighted by molar-refractivity contribution is 0.0505. The summed E-state index contributed by atoms with van der Waals surface area (Å²) in [4.78, 5) is 11.7. The quantitative estimate of drug-likeness (QED) is 0.794. The van der Waals surface area contributed by atoms with Crippen LogP contribution in [0, 0.1) is 0 Å². The molecular weight excluding hydrogens is 280 g/mol. The van der Waals surface area contributed by atoms with Crippen molar-refractivity contribution in [2.75, 3.05) is 6.61 Å². The highest BCUT2D eigenvalue weighted by atomic mass is 79.9. The maximum atomic E-state index is 11.7. The van der Waals surface area contributed by atoms with E-state index in [1.807, 2.05) is 37.3 Å². The Kier molecular flexibility index (Phi) is 3.79. The molecule has 0 heterocycles. The molecule has 0 radical (unpaired) electrons. The van der Waals surface area contributed by atoms with Gasteiger partial charge in [-0.25, -0.2) is 4.79 Å². The van der Waals surface area contributed by atoms with Crippen molar-refractivity contribution in [3.8, 4) is 0 Å². The Morgan fingerprint density at radius 3 is 2.65 bits per heavy atom. The van der Waals surface area contributed by atoms with Gasteiger partial charge in [0.2, 0.25) is 0 Å². The van der Waals surface area contributed by atoms with Gasteiger partial charge in [-0.2, -0.15) is 0 Å². The first-order valence-electron chi connectivity index (χ1n) is 5.57. The smallest absolute Gasteiger partial charge is 0.338 e. The van der Waals surface area contributed by atoms with Crippen molar-refractivity contribution in [3.05, 3.63) is 46.4 Å². The van der Waals surface area contributed by atoms with Crippen molar-refractivity contribution in [1.29, 1.82) is 0 Å². The molecule has 17 heavy (non-hydrogen) atoms. The van der Waals surface area contributed by atoms with E-state index in [9.17, 15) is 4.79 Å². The Balaban J connectivity index is 2.31. The molecular formula is C14H13BrO2. The van der Waals surface area contributed by atoms with Crippen LogP contribution in [0.15, 0.2) is 40.9 Å². The molecule has 2 rings (SSSR count). The number of hydrogen-bond donors (Lipinski definition) is 0. The minimum atomic E-state index is -0.253. The Bertz CT molecular complexity index is 549. The molecule has 0 saturated carbocycles. The van der Waals surface area contributed by atoms with Crippen LogP contribution in [0.5, 0.6) is 0 Å². The number of carbonyl (C=O) groups is 1. The van der Waals surface area contributed by atoms with Crippen LogP contribution in [0.1, 0.15) is 23.7 Å². The van der Waals surface area contributed by atoms with Crippen LogP contribution in [0.3, 0.4) is 0 Å². The predicted octanol–water partition coefficient (Wildman–Crippen LogP) is 4.17. The molecule has 88 valence electrons. The third kappa shape index (κ3) is 2.86. The van der Waals surface area contributed by atoms with Crippen LogP contribution in [0.25, 0.3) is 10.8 Å². The average molecular weight is 293 g/mol. The van der Waals surface area contributed by atoms with E-state index >= 15 is 0 Å². The zero-order valence-corrected chi connectivity index (χ0v) is 11.2. The summed E-state index contributed by atoms with van der Waals surface area (Å²) < 4.78 is 6.14. The summed E-state index contributed by atoms with van der Waals surface area (Å²) in [6.45, 7) is 2.45. The number of benzene rings is 2. The molecule has 0 bridgehead atoms. The van der Waals surface area contributed by atoms with E-state index in [-0.39, 0.29) is 5.97 Å². The fourth-order valence-corrected chi connectivity index (χ4v) is 2.00. The van der Waals surface area contributed by atoms with Gasteiger partial charge >= 0.3 is 5.97 Å². The van der Waals surface area contributed by atoms with E-state index in [1.165, 1.54) is 0 Å². The average Bonchev–Trinajstić information content (AvgIpc) is 2.35. The second-order valence-electron chi connectivity index (χ2n) is 3.84. The van der Waals surface area contributed by atoms with Crippen LogP contribution in [0.2, 0.25) is 0 Å². The Labute approximate surface area is 109 Å². The van der Waals surface area contributed by atoms with Gasteiger partial charge in [0.15, 0.2) is 0 Å². The molecule has 2 aromatic carbocycles. The number of halogens is 1. The Morgan fingerprint density at radius 2 is 1.88 bits per heavy atom. The molecule has 0 aliphatic heterocycles. The van der Waals surface area contributed by atoms with Crippen LogP contribution in [0.4, 0.5) is 0 Å². The van der Waals surface area contributed by atoms with Gasteiger partial charge in [-0.1, -0.05) is 35.0 Å². The topological polar surface area (TPSA) is 26.3 Å². The molecule has 2 aromatic rings. The zero-order chi connectivity index (χ0) is 12.3. The van der Waals surface area contributed by atoms with Gasteiger partial charge in [-0.05, 0) is 41.5 Å². The number of esters is 1.